The number of nitrogens with two attached hydrogens (primary N) is 1. The Morgan fingerprint density at radius 3 is 2.52 bits per heavy atom. The highest BCUT2D eigenvalue weighted by atomic mass is 16.5. The standard InChI is InChI=1S/C17H18N2O4/c1-2-23-15(20)11-19-9-8-13(14(10-19)17(18)22)16(21)12-6-4-3-5-7-12/h3-10,13H,2,11H2,1H3,(H2,18,22). The summed E-state index contributed by atoms with van der Waals surface area (Å²) in [6.07, 6.45) is 4.56. The molecule has 0 aliphatic carbocycles. The Labute approximate surface area is 134 Å². The predicted octanol–water partition coefficient (Wildman–Crippen LogP) is 1.25. The van der Waals surface area contributed by atoms with Gasteiger partial charge in [0.15, 0.2) is 5.78 Å². The molecule has 1 amide bonds. The van der Waals surface area contributed by atoms with Crippen molar-refractivity contribution in [3.8, 4) is 0 Å². The highest BCUT2D eigenvalue weighted by Gasteiger charge is 2.28. The van der Waals surface area contributed by atoms with Gasteiger partial charge in [-0.2, -0.15) is 0 Å². The second kappa shape index (κ2) is 7.40. The van der Waals surface area contributed by atoms with Crippen molar-refractivity contribution in [1.29, 1.82) is 0 Å². The second-order valence-corrected chi connectivity index (χ2v) is 4.98. The number of amides is 1. The average Bonchev–Trinajstić information content (AvgIpc) is 2.55. The summed E-state index contributed by atoms with van der Waals surface area (Å²) in [7, 11) is 0. The van der Waals surface area contributed by atoms with Gasteiger partial charge < -0.3 is 15.4 Å². The molecule has 120 valence electrons. The fourth-order valence-corrected chi connectivity index (χ4v) is 2.28. The molecular weight excluding hydrogens is 296 g/mol. The molecule has 23 heavy (non-hydrogen) atoms. The topological polar surface area (TPSA) is 89.7 Å². The normalized spacial score (nSPS) is 16.7. The van der Waals surface area contributed by atoms with Crippen LogP contribution in [0, 0.1) is 5.92 Å². The Morgan fingerprint density at radius 1 is 1.22 bits per heavy atom. The van der Waals surface area contributed by atoms with E-state index in [1.165, 1.54) is 11.1 Å². The molecule has 1 atom stereocenters. The monoisotopic (exact) mass is 314 g/mol. The quantitative estimate of drug-likeness (QED) is 0.630. The molecule has 0 fully saturated rings. The molecule has 0 aromatic heterocycles. The highest BCUT2D eigenvalue weighted by molar-refractivity contribution is 6.07. The number of carbonyl (C=O) groups is 3. The fraction of sp³-hybridized carbons (Fsp3) is 0.235. The van der Waals surface area contributed by atoms with Crippen molar-refractivity contribution >= 4 is 17.7 Å². The van der Waals surface area contributed by atoms with E-state index in [-0.39, 0.29) is 24.5 Å². The number of hydrogen-bond donors (Lipinski definition) is 1. The van der Waals surface area contributed by atoms with Gasteiger partial charge in [-0.1, -0.05) is 36.4 Å². The Bertz CT molecular complexity index is 664. The Kier molecular flexibility index (Phi) is 5.30. The summed E-state index contributed by atoms with van der Waals surface area (Å²) in [5.74, 6) is -2.10. The van der Waals surface area contributed by atoms with E-state index in [9.17, 15) is 14.4 Å². The molecule has 1 aromatic rings. The summed E-state index contributed by atoms with van der Waals surface area (Å²) in [5.41, 5.74) is 6.03. The van der Waals surface area contributed by atoms with Crippen molar-refractivity contribution in [2.45, 2.75) is 6.92 Å². The van der Waals surface area contributed by atoms with Gasteiger partial charge in [-0.3, -0.25) is 14.4 Å². The number of ether oxygens (including phenoxy) is 1. The molecule has 0 saturated heterocycles. The highest BCUT2D eigenvalue weighted by Crippen LogP contribution is 2.23. The lowest BCUT2D eigenvalue weighted by molar-refractivity contribution is -0.143. The number of ketones is 1. The van der Waals surface area contributed by atoms with Crippen LogP contribution in [0.25, 0.3) is 0 Å². The van der Waals surface area contributed by atoms with Crippen LogP contribution in [0.3, 0.4) is 0 Å². The van der Waals surface area contributed by atoms with Gasteiger partial charge >= 0.3 is 5.97 Å². The molecule has 1 unspecified atom stereocenters. The number of hydrogen-bond acceptors (Lipinski definition) is 5. The SMILES string of the molecule is CCOC(=O)CN1C=CC(C(=O)c2ccccc2)C(C(N)=O)=C1. The Hall–Kier alpha value is -2.89. The lowest BCUT2D eigenvalue weighted by Gasteiger charge is -2.24. The Balaban J connectivity index is 2.20. The third-order valence-corrected chi connectivity index (χ3v) is 3.35. The third kappa shape index (κ3) is 4.06. The van der Waals surface area contributed by atoms with E-state index in [1.807, 2.05) is 0 Å². The molecule has 1 heterocycles. The van der Waals surface area contributed by atoms with E-state index in [4.69, 9.17) is 10.5 Å². The first-order chi connectivity index (χ1) is 11.0. The maximum absolute atomic E-state index is 12.5. The van der Waals surface area contributed by atoms with E-state index >= 15 is 0 Å². The minimum atomic E-state index is -0.756. The third-order valence-electron chi connectivity index (χ3n) is 3.35. The van der Waals surface area contributed by atoms with Crippen LogP contribution in [0.15, 0.2) is 54.4 Å². The van der Waals surface area contributed by atoms with Crippen molar-refractivity contribution in [1.82, 2.24) is 4.90 Å². The molecule has 2 rings (SSSR count). The first-order valence-corrected chi connectivity index (χ1v) is 7.23. The van der Waals surface area contributed by atoms with Gasteiger partial charge in [-0.15, -0.1) is 0 Å². The van der Waals surface area contributed by atoms with Crippen LogP contribution < -0.4 is 5.73 Å². The van der Waals surface area contributed by atoms with E-state index in [0.29, 0.717) is 5.56 Å². The fourth-order valence-electron chi connectivity index (χ4n) is 2.28. The summed E-state index contributed by atoms with van der Waals surface area (Å²) in [6.45, 7) is 1.94. The van der Waals surface area contributed by atoms with Crippen LogP contribution in [0.5, 0.6) is 0 Å². The van der Waals surface area contributed by atoms with Crippen LogP contribution in [-0.2, 0) is 14.3 Å². The second-order valence-electron chi connectivity index (χ2n) is 4.98. The van der Waals surface area contributed by atoms with E-state index in [2.05, 4.69) is 0 Å². The molecule has 0 bridgehead atoms. The summed E-state index contributed by atoms with van der Waals surface area (Å²) in [5, 5.41) is 0. The van der Waals surface area contributed by atoms with Crippen LogP contribution in [0.1, 0.15) is 17.3 Å². The molecule has 2 N–H and O–H groups in total. The average molecular weight is 314 g/mol. The zero-order valence-corrected chi connectivity index (χ0v) is 12.8. The van der Waals surface area contributed by atoms with Crippen molar-refractivity contribution < 1.29 is 19.1 Å². The van der Waals surface area contributed by atoms with Gasteiger partial charge in [0.1, 0.15) is 6.54 Å². The summed E-state index contributed by atoms with van der Waals surface area (Å²) < 4.78 is 4.86. The van der Waals surface area contributed by atoms with Crippen LogP contribution in [0.4, 0.5) is 0 Å². The molecule has 0 saturated carbocycles. The van der Waals surface area contributed by atoms with E-state index in [1.54, 1.807) is 49.5 Å². The number of carbonyl (C=O) groups excluding carboxylic acids is 3. The van der Waals surface area contributed by atoms with Crippen molar-refractivity contribution in [2.24, 2.45) is 11.7 Å². The van der Waals surface area contributed by atoms with Gasteiger partial charge in [0.25, 0.3) is 0 Å². The van der Waals surface area contributed by atoms with Crippen molar-refractivity contribution in [3.05, 3.63) is 59.9 Å². The summed E-state index contributed by atoms with van der Waals surface area (Å²) >= 11 is 0. The van der Waals surface area contributed by atoms with Gasteiger partial charge in [-0.05, 0) is 6.92 Å². The lowest BCUT2D eigenvalue weighted by atomic mass is 9.89. The van der Waals surface area contributed by atoms with Crippen molar-refractivity contribution in [2.75, 3.05) is 13.2 Å². The molecular formula is C17H18N2O4. The number of esters is 1. The lowest BCUT2D eigenvalue weighted by Crippen LogP contribution is -2.32. The number of benzene rings is 1. The van der Waals surface area contributed by atoms with Crippen molar-refractivity contribution in [3.63, 3.8) is 0 Å². The molecule has 0 radical (unpaired) electrons. The van der Waals surface area contributed by atoms with Crippen LogP contribution in [0.2, 0.25) is 0 Å². The molecule has 0 spiro atoms. The zero-order chi connectivity index (χ0) is 16.8. The number of allylic oxidation sites excluding steroid dienone is 1. The molecule has 6 nitrogen and oxygen atoms in total. The number of Topliss-reactive ketones (excluding diaryl/α,β-unsaturated/α-hetero) is 1. The number of rotatable bonds is 6. The van der Waals surface area contributed by atoms with E-state index < -0.39 is 17.8 Å². The van der Waals surface area contributed by atoms with Gasteiger partial charge in [0.05, 0.1) is 12.5 Å². The molecule has 6 heteroatoms. The maximum atomic E-state index is 12.5. The van der Waals surface area contributed by atoms with Gasteiger partial charge in [0, 0.05) is 23.5 Å². The first kappa shape index (κ1) is 16.5. The zero-order valence-electron chi connectivity index (χ0n) is 12.8. The minimum absolute atomic E-state index is 0.0482. The largest absolute Gasteiger partial charge is 0.465 e. The van der Waals surface area contributed by atoms with Gasteiger partial charge in [0.2, 0.25) is 5.91 Å². The molecule has 1 aliphatic rings. The van der Waals surface area contributed by atoms with Crippen LogP contribution >= 0.6 is 0 Å². The Morgan fingerprint density at radius 2 is 1.91 bits per heavy atom. The smallest absolute Gasteiger partial charge is 0.325 e. The first-order valence-electron chi connectivity index (χ1n) is 7.23. The molecule has 1 aliphatic heterocycles. The van der Waals surface area contributed by atoms with E-state index in [0.717, 1.165) is 0 Å². The predicted molar refractivity (Wildman–Crippen MR) is 84.0 cm³/mol. The summed E-state index contributed by atoms with van der Waals surface area (Å²) in [4.78, 5) is 37.2. The van der Waals surface area contributed by atoms with Gasteiger partial charge in [-0.25, -0.2) is 0 Å². The molecule has 1 aromatic carbocycles. The number of nitrogens with zero attached hydrogens (tertiary/aromatic N) is 1. The maximum Gasteiger partial charge on any atom is 0.325 e. The number of primary amides is 1. The minimum Gasteiger partial charge on any atom is -0.465 e. The van der Waals surface area contributed by atoms with Crippen LogP contribution in [-0.4, -0.2) is 35.7 Å². The summed E-state index contributed by atoms with van der Waals surface area (Å²) in [6, 6.07) is 8.67.